The van der Waals surface area contributed by atoms with Crippen molar-refractivity contribution in [2.24, 2.45) is 5.92 Å². The van der Waals surface area contributed by atoms with Crippen LogP contribution >= 0.6 is 0 Å². The third kappa shape index (κ3) is 5.05. The van der Waals surface area contributed by atoms with Gasteiger partial charge in [-0.1, -0.05) is 60.7 Å². The molecule has 1 heterocycles. The number of nitrogens with zero attached hydrogens (tertiary/aromatic N) is 1. The van der Waals surface area contributed by atoms with Crippen molar-refractivity contribution in [3.8, 4) is 0 Å². The van der Waals surface area contributed by atoms with Crippen LogP contribution in [0.1, 0.15) is 39.4 Å². The van der Waals surface area contributed by atoms with Crippen LogP contribution in [0.5, 0.6) is 0 Å². The summed E-state index contributed by atoms with van der Waals surface area (Å²) in [7, 11) is 0. The molecule has 1 aliphatic rings. The number of piperidine rings is 1. The van der Waals surface area contributed by atoms with Crippen molar-refractivity contribution in [3.63, 3.8) is 0 Å². The number of rotatable bonds is 5. The molecule has 0 unspecified atom stereocenters. The molecule has 0 radical (unpaired) electrons. The first-order valence-electron chi connectivity index (χ1n) is 10.9. The van der Waals surface area contributed by atoms with Crippen LogP contribution in [0.25, 0.3) is 0 Å². The molecule has 0 aromatic heterocycles. The molecule has 4 rings (SSSR count). The van der Waals surface area contributed by atoms with E-state index in [9.17, 15) is 14.0 Å². The molecule has 1 aliphatic heterocycles. The van der Waals surface area contributed by atoms with Crippen LogP contribution in [-0.2, 0) is 11.3 Å². The quantitative estimate of drug-likeness (QED) is 0.638. The summed E-state index contributed by atoms with van der Waals surface area (Å²) in [6.45, 7) is 3.05. The second-order valence-corrected chi connectivity index (χ2v) is 8.42. The molecule has 4 nitrogen and oxygen atoms in total. The molecule has 164 valence electrons. The summed E-state index contributed by atoms with van der Waals surface area (Å²) in [6.07, 6.45) is 0.615. The summed E-state index contributed by atoms with van der Waals surface area (Å²) in [5.41, 5.74) is 3.15. The molecule has 3 aromatic rings. The van der Waals surface area contributed by atoms with Crippen molar-refractivity contribution >= 4 is 11.8 Å². The van der Waals surface area contributed by atoms with Crippen LogP contribution in [-0.4, -0.2) is 29.8 Å². The molecule has 32 heavy (non-hydrogen) atoms. The first kappa shape index (κ1) is 21.8. The Morgan fingerprint density at radius 2 is 1.66 bits per heavy atom. The Hall–Kier alpha value is -3.47. The molecule has 1 saturated heterocycles. The van der Waals surface area contributed by atoms with Gasteiger partial charge in [-0.05, 0) is 48.2 Å². The predicted octanol–water partition coefficient (Wildman–Crippen LogP) is 4.70. The van der Waals surface area contributed by atoms with Gasteiger partial charge in [-0.15, -0.1) is 0 Å². The fourth-order valence-corrected chi connectivity index (χ4v) is 4.31. The van der Waals surface area contributed by atoms with E-state index in [4.69, 9.17) is 0 Å². The molecular weight excluding hydrogens is 403 g/mol. The lowest BCUT2D eigenvalue weighted by atomic mass is 9.83. The zero-order valence-corrected chi connectivity index (χ0v) is 18.1. The predicted molar refractivity (Wildman–Crippen MR) is 123 cm³/mol. The SMILES string of the molecule is Cc1cc([C@@H]2C[C@@H](C(=O)NCc3ccccc3)CN(C(=O)c3ccccc3)C2)ccc1F. The second-order valence-electron chi connectivity index (χ2n) is 8.42. The topological polar surface area (TPSA) is 49.4 Å². The van der Waals surface area contributed by atoms with Crippen molar-refractivity contribution in [1.82, 2.24) is 10.2 Å². The Balaban J connectivity index is 1.55. The number of carbonyl (C=O) groups excluding carboxylic acids is 2. The number of aryl methyl sites for hydroxylation is 1. The van der Waals surface area contributed by atoms with Gasteiger partial charge in [0.1, 0.15) is 5.82 Å². The minimum atomic E-state index is -0.338. The first-order valence-corrected chi connectivity index (χ1v) is 10.9. The lowest BCUT2D eigenvalue weighted by Gasteiger charge is -2.37. The van der Waals surface area contributed by atoms with Gasteiger partial charge in [0.05, 0.1) is 5.92 Å². The van der Waals surface area contributed by atoms with Gasteiger partial charge in [0, 0.05) is 31.1 Å². The van der Waals surface area contributed by atoms with Gasteiger partial charge in [-0.3, -0.25) is 9.59 Å². The standard InChI is InChI=1S/C27H27FN2O2/c1-19-14-22(12-13-25(19)28)23-15-24(26(31)29-16-20-8-4-2-5-9-20)18-30(17-23)27(32)21-10-6-3-7-11-21/h2-14,23-24H,15-18H2,1H3,(H,29,31)/t23-,24-/m1/s1. The highest BCUT2D eigenvalue weighted by atomic mass is 19.1. The Bertz CT molecular complexity index is 1090. The fourth-order valence-electron chi connectivity index (χ4n) is 4.31. The number of hydrogen-bond acceptors (Lipinski definition) is 2. The summed E-state index contributed by atoms with van der Waals surface area (Å²) >= 11 is 0. The Morgan fingerprint density at radius 1 is 0.969 bits per heavy atom. The molecule has 2 amide bonds. The molecule has 5 heteroatoms. The maximum absolute atomic E-state index is 13.8. The zero-order valence-electron chi connectivity index (χ0n) is 18.1. The van der Waals surface area contributed by atoms with Crippen LogP contribution in [0.2, 0.25) is 0 Å². The van der Waals surface area contributed by atoms with E-state index in [1.807, 2.05) is 54.6 Å². The van der Waals surface area contributed by atoms with E-state index in [2.05, 4.69) is 5.32 Å². The molecular formula is C27H27FN2O2. The molecule has 0 spiro atoms. The van der Waals surface area contributed by atoms with Gasteiger partial charge in [-0.2, -0.15) is 0 Å². The lowest BCUT2D eigenvalue weighted by molar-refractivity contribution is -0.126. The highest BCUT2D eigenvalue weighted by Crippen LogP contribution is 2.32. The largest absolute Gasteiger partial charge is 0.352 e. The molecule has 0 bridgehead atoms. The monoisotopic (exact) mass is 430 g/mol. The van der Waals surface area contributed by atoms with Crippen LogP contribution in [0.15, 0.2) is 78.9 Å². The van der Waals surface area contributed by atoms with Crippen molar-refractivity contribution in [2.45, 2.75) is 25.8 Å². The molecule has 1 N–H and O–H groups in total. The maximum Gasteiger partial charge on any atom is 0.253 e. The van der Waals surface area contributed by atoms with E-state index in [-0.39, 0.29) is 29.5 Å². The van der Waals surface area contributed by atoms with E-state index in [0.29, 0.717) is 37.2 Å². The van der Waals surface area contributed by atoms with Gasteiger partial charge >= 0.3 is 0 Å². The summed E-state index contributed by atoms with van der Waals surface area (Å²) in [5.74, 6) is -0.782. The molecule has 3 aromatic carbocycles. The number of nitrogens with one attached hydrogen (secondary N) is 1. The second kappa shape index (κ2) is 9.77. The van der Waals surface area contributed by atoms with Crippen LogP contribution < -0.4 is 5.32 Å². The summed E-state index contributed by atoms with van der Waals surface area (Å²) in [5, 5.41) is 3.02. The van der Waals surface area contributed by atoms with Crippen LogP contribution in [0, 0.1) is 18.7 Å². The van der Waals surface area contributed by atoms with Crippen LogP contribution in [0.4, 0.5) is 4.39 Å². The van der Waals surface area contributed by atoms with Gasteiger partial charge in [0.2, 0.25) is 5.91 Å². The normalized spacial score (nSPS) is 18.2. The highest BCUT2D eigenvalue weighted by Gasteiger charge is 2.35. The average Bonchev–Trinajstić information content (AvgIpc) is 2.84. The maximum atomic E-state index is 13.8. The molecule has 1 fully saturated rings. The molecule has 2 atom stereocenters. The summed E-state index contributed by atoms with van der Waals surface area (Å²) in [6, 6.07) is 23.9. The lowest BCUT2D eigenvalue weighted by Crippen LogP contribution is -2.48. The van der Waals surface area contributed by atoms with E-state index >= 15 is 0 Å². The summed E-state index contributed by atoms with van der Waals surface area (Å²) < 4.78 is 13.8. The Labute approximate surface area is 188 Å². The number of likely N-dealkylation sites (tertiary alicyclic amines) is 1. The minimum Gasteiger partial charge on any atom is -0.352 e. The van der Waals surface area contributed by atoms with E-state index < -0.39 is 0 Å². The van der Waals surface area contributed by atoms with E-state index in [1.165, 1.54) is 6.07 Å². The third-order valence-electron chi connectivity index (χ3n) is 6.09. The van der Waals surface area contributed by atoms with Crippen molar-refractivity contribution < 1.29 is 14.0 Å². The molecule has 0 saturated carbocycles. The fraction of sp³-hybridized carbons (Fsp3) is 0.259. The number of carbonyl (C=O) groups is 2. The number of amides is 2. The van der Waals surface area contributed by atoms with Gasteiger partial charge in [0.25, 0.3) is 5.91 Å². The van der Waals surface area contributed by atoms with Crippen molar-refractivity contribution in [3.05, 3.63) is 107 Å². The zero-order chi connectivity index (χ0) is 22.5. The summed E-state index contributed by atoms with van der Waals surface area (Å²) in [4.78, 5) is 28.0. The van der Waals surface area contributed by atoms with Gasteiger partial charge in [-0.25, -0.2) is 4.39 Å². The number of benzene rings is 3. The number of hydrogen-bond donors (Lipinski definition) is 1. The molecule has 0 aliphatic carbocycles. The Morgan fingerprint density at radius 3 is 2.34 bits per heavy atom. The van der Waals surface area contributed by atoms with Crippen molar-refractivity contribution in [1.29, 1.82) is 0 Å². The first-order chi connectivity index (χ1) is 15.5. The van der Waals surface area contributed by atoms with Gasteiger partial charge in [0.15, 0.2) is 0 Å². The Kier molecular flexibility index (Phi) is 6.64. The third-order valence-corrected chi connectivity index (χ3v) is 6.09. The minimum absolute atomic E-state index is 0.0387. The van der Waals surface area contributed by atoms with Crippen LogP contribution in [0.3, 0.4) is 0 Å². The van der Waals surface area contributed by atoms with Crippen molar-refractivity contribution in [2.75, 3.05) is 13.1 Å². The highest BCUT2D eigenvalue weighted by molar-refractivity contribution is 5.94. The van der Waals surface area contributed by atoms with Gasteiger partial charge < -0.3 is 10.2 Å². The van der Waals surface area contributed by atoms with E-state index in [0.717, 1.165) is 11.1 Å². The average molecular weight is 431 g/mol. The number of halogens is 1. The smallest absolute Gasteiger partial charge is 0.253 e. The van der Waals surface area contributed by atoms with E-state index in [1.54, 1.807) is 30.0 Å².